The molecule has 0 radical (unpaired) electrons. The number of benzene rings is 1. The van der Waals surface area contributed by atoms with Crippen molar-refractivity contribution in [2.75, 3.05) is 0 Å². The van der Waals surface area contributed by atoms with Gasteiger partial charge in [-0.3, -0.25) is 0 Å². The Labute approximate surface area is 76.5 Å². The summed E-state index contributed by atoms with van der Waals surface area (Å²) >= 11 is 0. The highest BCUT2D eigenvalue weighted by Gasteiger charge is 2.03. The number of para-hydroxylation sites is 1. The van der Waals surface area contributed by atoms with E-state index in [0.29, 0.717) is 5.03 Å². The largest absolute Gasteiger partial charge is 0.347 e. The third kappa shape index (κ3) is 1.26. The van der Waals surface area contributed by atoms with Gasteiger partial charge in [0.2, 0.25) is 0 Å². The topological polar surface area (TPSA) is 32.9 Å². The lowest BCUT2D eigenvalue weighted by molar-refractivity contribution is 0.689. The Morgan fingerprint density at radius 3 is 2.75 bits per heavy atom. The Morgan fingerprint density at radius 1 is 1.33 bits per heavy atom. The zero-order chi connectivity index (χ0) is 8.55. The van der Waals surface area contributed by atoms with Crippen molar-refractivity contribution in [2.45, 2.75) is 5.03 Å². The number of aromatic amines is 1. The van der Waals surface area contributed by atoms with Crippen molar-refractivity contribution < 1.29 is 4.21 Å². The van der Waals surface area contributed by atoms with Crippen LogP contribution in [0.3, 0.4) is 0 Å². The molecule has 12 heavy (non-hydrogen) atoms. The third-order valence-electron chi connectivity index (χ3n) is 1.68. The fraction of sp³-hybridized carbons (Fsp3) is 0. The van der Waals surface area contributed by atoms with E-state index < -0.39 is 10.0 Å². The van der Waals surface area contributed by atoms with Crippen LogP contribution in [0.15, 0.2) is 35.4 Å². The van der Waals surface area contributed by atoms with Gasteiger partial charge in [0.15, 0.2) is 10.0 Å². The monoisotopic (exact) mass is 199 g/mol. The molecule has 0 aliphatic rings. The van der Waals surface area contributed by atoms with E-state index >= 15 is 0 Å². The molecule has 4 heteroatoms. The number of nitrogens with one attached hydrogen (secondary N) is 1. The number of H-pyrrole nitrogens is 1. The van der Waals surface area contributed by atoms with Gasteiger partial charge in [0, 0.05) is 10.9 Å². The van der Waals surface area contributed by atoms with Crippen molar-refractivity contribution in [3.8, 4) is 0 Å². The molecule has 62 valence electrons. The first-order chi connectivity index (χ1) is 5.77. The van der Waals surface area contributed by atoms with Crippen LogP contribution < -0.4 is 0 Å². The Hall–Kier alpha value is -0.800. The predicted molar refractivity (Wildman–Crippen MR) is 50.6 cm³/mol. The minimum absolute atomic E-state index is 0.554. The molecule has 0 aliphatic carbocycles. The molecule has 1 N–H and O–H groups in total. The van der Waals surface area contributed by atoms with Crippen LogP contribution in [0, 0.1) is 0 Å². The molecular formula is C8H6ClNOS. The maximum absolute atomic E-state index is 10.9. The number of hydrogen-bond acceptors (Lipinski definition) is 1. The van der Waals surface area contributed by atoms with Crippen LogP contribution in [0.25, 0.3) is 10.9 Å². The zero-order valence-electron chi connectivity index (χ0n) is 6.08. The van der Waals surface area contributed by atoms with E-state index in [2.05, 4.69) is 4.98 Å². The van der Waals surface area contributed by atoms with Gasteiger partial charge in [0.1, 0.15) is 5.03 Å². The van der Waals surface area contributed by atoms with Gasteiger partial charge in [-0.05, 0) is 22.8 Å². The quantitative estimate of drug-likeness (QED) is 0.704. The van der Waals surface area contributed by atoms with Gasteiger partial charge in [0.25, 0.3) is 0 Å². The molecule has 0 saturated carbocycles. The highest BCUT2D eigenvalue weighted by Crippen LogP contribution is 2.18. The molecular weight excluding hydrogens is 194 g/mol. The van der Waals surface area contributed by atoms with Crippen LogP contribution in [-0.2, 0) is 10.0 Å². The second kappa shape index (κ2) is 2.92. The van der Waals surface area contributed by atoms with Gasteiger partial charge in [0.05, 0.1) is 0 Å². The van der Waals surface area contributed by atoms with E-state index in [4.69, 9.17) is 10.7 Å². The molecule has 2 aromatic rings. The van der Waals surface area contributed by atoms with E-state index in [0.717, 1.165) is 10.9 Å². The molecule has 0 spiro atoms. The van der Waals surface area contributed by atoms with Crippen LogP contribution >= 0.6 is 10.7 Å². The van der Waals surface area contributed by atoms with Crippen LogP contribution in [-0.4, -0.2) is 9.19 Å². The molecule has 0 saturated heterocycles. The summed E-state index contributed by atoms with van der Waals surface area (Å²) in [5, 5.41) is 1.58. The summed E-state index contributed by atoms with van der Waals surface area (Å²) in [6.45, 7) is 0. The van der Waals surface area contributed by atoms with E-state index in [1.807, 2.05) is 24.3 Å². The number of rotatable bonds is 1. The van der Waals surface area contributed by atoms with Crippen LogP contribution in [0.4, 0.5) is 0 Å². The minimum Gasteiger partial charge on any atom is -0.347 e. The summed E-state index contributed by atoms with van der Waals surface area (Å²) in [7, 11) is 3.97. The molecule has 0 amide bonds. The Balaban J connectivity index is 2.70. The van der Waals surface area contributed by atoms with Crippen molar-refractivity contribution in [1.29, 1.82) is 0 Å². The lowest BCUT2D eigenvalue weighted by Crippen LogP contribution is -1.77. The number of halogens is 1. The van der Waals surface area contributed by atoms with Crippen molar-refractivity contribution in [3.63, 3.8) is 0 Å². The highest BCUT2D eigenvalue weighted by molar-refractivity contribution is 8.08. The molecule has 1 unspecified atom stereocenters. The number of fused-ring (bicyclic) bond motifs is 1. The second-order valence-electron chi connectivity index (χ2n) is 2.44. The molecule has 2 nitrogen and oxygen atoms in total. The van der Waals surface area contributed by atoms with Crippen molar-refractivity contribution in [3.05, 3.63) is 30.3 Å². The summed E-state index contributed by atoms with van der Waals surface area (Å²) in [5.74, 6) is 0. The van der Waals surface area contributed by atoms with E-state index in [1.54, 1.807) is 6.07 Å². The van der Waals surface area contributed by atoms with Crippen LogP contribution in [0.1, 0.15) is 0 Å². The third-order valence-corrected chi connectivity index (χ3v) is 2.74. The van der Waals surface area contributed by atoms with Gasteiger partial charge in [-0.2, -0.15) is 0 Å². The van der Waals surface area contributed by atoms with Gasteiger partial charge in [-0.25, -0.2) is 4.21 Å². The van der Waals surface area contributed by atoms with Crippen LogP contribution in [0.2, 0.25) is 0 Å². The molecule has 1 atom stereocenters. The Bertz CT molecular complexity index is 404. The molecule has 0 fully saturated rings. The van der Waals surface area contributed by atoms with E-state index in [9.17, 15) is 4.21 Å². The summed E-state index contributed by atoms with van der Waals surface area (Å²) in [6.07, 6.45) is 0. The summed E-state index contributed by atoms with van der Waals surface area (Å²) < 4.78 is 10.9. The van der Waals surface area contributed by atoms with Crippen molar-refractivity contribution in [2.24, 2.45) is 0 Å². The maximum Gasteiger partial charge on any atom is 0.164 e. The predicted octanol–water partition coefficient (Wildman–Crippen LogP) is 2.43. The molecule has 0 aliphatic heterocycles. The average Bonchev–Trinajstić information content (AvgIpc) is 2.46. The smallest absolute Gasteiger partial charge is 0.164 e. The number of hydrogen-bond donors (Lipinski definition) is 1. The van der Waals surface area contributed by atoms with E-state index in [-0.39, 0.29) is 0 Å². The van der Waals surface area contributed by atoms with Gasteiger partial charge < -0.3 is 4.98 Å². The molecule has 1 aromatic heterocycles. The second-order valence-corrected chi connectivity index (χ2v) is 4.17. The molecule has 1 aromatic carbocycles. The van der Waals surface area contributed by atoms with Gasteiger partial charge >= 0.3 is 0 Å². The van der Waals surface area contributed by atoms with Crippen molar-refractivity contribution in [1.82, 2.24) is 4.98 Å². The first kappa shape index (κ1) is 7.83. The lowest BCUT2D eigenvalue weighted by atomic mass is 10.3. The number of aromatic nitrogens is 1. The fourth-order valence-corrected chi connectivity index (χ4v) is 1.79. The van der Waals surface area contributed by atoms with Crippen molar-refractivity contribution >= 4 is 31.6 Å². The normalized spacial score (nSPS) is 13.4. The first-order valence-electron chi connectivity index (χ1n) is 3.43. The Kier molecular flexibility index (Phi) is 1.90. The standard InChI is InChI=1S/C8H6ClNOS/c9-12(11)8-5-6-3-1-2-4-7(6)10-8/h1-5,10H. The SMILES string of the molecule is O=S(Cl)c1cc2ccccc2[nH]1. The van der Waals surface area contributed by atoms with Gasteiger partial charge in [-0.15, -0.1) is 0 Å². The van der Waals surface area contributed by atoms with E-state index in [1.165, 1.54) is 0 Å². The summed E-state index contributed by atoms with van der Waals surface area (Å²) in [4.78, 5) is 2.96. The lowest BCUT2D eigenvalue weighted by Gasteiger charge is -1.84. The van der Waals surface area contributed by atoms with Gasteiger partial charge in [-0.1, -0.05) is 18.2 Å². The minimum atomic E-state index is -1.44. The molecule has 2 rings (SSSR count). The first-order valence-corrected chi connectivity index (χ1v) is 5.41. The molecule has 0 bridgehead atoms. The highest BCUT2D eigenvalue weighted by atomic mass is 35.7. The fourth-order valence-electron chi connectivity index (χ4n) is 1.13. The maximum atomic E-state index is 10.9. The average molecular weight is 200 g/mol. The molecule has 1 heterocycles. The Morgan fingerprint density at radius 2 is 2.08 bits per heavy atom. The summed E-state index contributed by atoms with van der Waals surface area (Å²) in [5.41, 5.74) is 0.960. The zero-order valence-corrected chi connectivity index (χ0v) is 7.65. The summed E-state index contributed by atoms with van der Waals surface area (Å²) in [6, 6.07) is 9.50. The van der Waals surface area contributed by atoms with Crippen LogP contribution in [0.5, 0.6) is 0 Å².